The third kappa shape index (κ3) is 2.78. The molecule has 1 unspecified atom stereocenters. The quantitative estimate of drug-likeness (QED) is 0.846. The number of phenolic OH excluding ortho intramolecular Hbond substituents is 1. The summed E-state index contributed by atoms with van der Waals surface area (Å²) in [6, 6.07) is 4.80. The van der Waals surface area contributed by atoms with Crippen molar-refractivity contribution in [3.63, 3.8) is 0 Å². The van der Waals surface area contributed by atoms with Gasteiger partial charge in [-0.25, -0.2) is 0 Å². The van der Waals surface area contributed by atoms with Crippen molar-refractivity contribution in [3.05, 3.63) is 28.2 Å². The molecule has 1 atom stereocenters. The normalized spacial score (nSPS) is 12.6. The first-order valence-corrected chi connectivity index (χ1v) is 7.19. The van der Waals surface area contributed by atoms with Gasteiger partial charge < -0.3 is 5.11 Å². The van der Waals surface area contributed by atoms with Crippen molar-refractivity contribution in [2.24, 2.45) is 0 Å². The van der Waals surface area contributed by atoms with Gasteiger partial charge in [-0.1, -0.05) is 45.8 Å². The molecule has 1 N–H and O–H groups in total. The molecule has 0 saturated heterocycles. The number of rotatable bonds is 3. The zero-order valence-corrected chi connectivity index (χ0v) is 12.2. The maximum absolute atomic E-state index is 9.45. The van der Waals surface area contributed by atoms with Crippen LogP contribution in [0.2, 0.25) is 5.02 Å². The fourth-order valence-electron chi connectivity index (χ4n) is 1.32. The van der Waals surface area contributed by atoms with E-state index < -0.39 is 0 Å². The van der Waals surface area contributed by atoms with E-state index in [-0.39, 0.29) is 10.6 Å². The Kier molecular flexibility index (Phi) is 4.01. The molecule has 6 heteroatoms. The highest BCUT2D eigenvalue weighted by Gasteiger charge is 2.14. The average Bonchev–Trinajstić information content (AvgIpc) is 2.80. The van der Waals surface area contributed by atoms with E-state index in [1.54, 1.807) is 18.2 Å². The van der Waals surface area contributed by atoms with Crippen LogP contribution < -0.4 is 0 Å². The topological polar surface area (TPSA) is 46.0 Å². The summed E-state index contributed by atoms with van der Waals surface area (Å²) in [4.78, 5) is 0.213. The lowest BCUT2D eigenvalue weighted by Crippen LogP contribution is -1.84. The number of hydrogen-bond acceptors (Lipinski definition) is 4. The first kappa shape index (κ1) is 12.8. The molecule has 1 aromatic carbocycles. The molecule has 0 fully saturated rings. The van der Waals surface area contributed by atoms with E-state index in [9.17, 15) is 5.11 Å². The van der Waals surface area contributed by atoms with Gasteiger partial charge in [0.25, 0.3) is 0 Å². The van der Waals surface area contributed by atoms with Gasteiger partial charge in [-0.15, -0.1) is 10.2 Å². The number of aromatic nitrogens is 2. The van der Waals surface area contributed by atoms with E-state index in [0.29, 0.717) is 10.6 Å². The third-order valence-electron chi connectivity index (χ3n) is 2.25. The number of phenols is 1. The zero-order chi connectivity index (χ0) is 12.4. The standard InChI is InChI=1S/C11H10BrClN2OS/c1-2-8(12)11-15-14-10(17-11)7-5-6(16)3-4-9(7)13/h3-5,8,16H,2H2,1H3. The fraction of sp³-hybridized carbons (Fsp3) is 0.273. The molecule has 1 heterocycles. The first-order chi connectivity index (χ1) is 8.11. The SMILES string of the molecule is CCC(Br)c1nnc(-c2cc(O)ccc2Cl)s1. The minimum atomic E-state index is 0.173. The highest BCUT2D eigenvalue weighted by Crippen LogP contribution is 2.36. The van der Waals surface area contributed by atoms with Crippen LogP contribution in [0.15, 0.2) is 18.2 Å². The minimum Gasteiger partial charge on any atom is -0.508 e. The number of halogens is 2. The van der Waals surface area contributed by atoms with Crippen molar-refractivity contribution >= 4 is 38.9 Å². The summed E-state index contributed by atoms with van der Waals surface area (Å²) in [5.41, 5.74) is 0.714. The van der Waals surface area contributed by atoms with Crippen LogP contribution in [-0.4, -0.2) is 15.3 Å². The molecular weight excluding hydrogens is 324 g/mol. The van der Waals surface area contributed by atoms with Crippen molar-refractivity contribution in [1.82, 2.24) is 10.2 Å². The lowest BCUT2D eigenvalue weighted by atomic mass is 10.2. The molecule has 17 heavy (non-hydrogen) atoms. The molecule has 0 aliphatic rings. The molecule has 1 aromatic heterocycles. The van der Waals surface area contributed by atoms with Crippen LogP contribution in [0, 0.1) is 0 Å². The summed E-state index contributed by atoms with van der Waals surface area (Å²) in [5, 5.41) is 19.9. The van der Waals surface area contributed by atoms with Crippen LogP contribution in [0.1, 0.15) is 23.2 Å². The maximum atomic E-state index is 9.45. The van der Waals surface area contributed by atoms with Gasteiger partial charge in [0, 0.05) is 5.56 Å². The highest BCUT2D eigenvalue weighted by atomic mass is 79.9. The molecule has 0 aliphatic heterocycles. The molecule has 0 bridgehead atoms. The third-order valence-corrected chi connectivity index (χ3v) is 5.03. The van der Waals surface area contributed by atoms with Gasteiger partial charge in [0.2, 0.25) is 0 Å². The fourth-order valence-corrected chi connectivity index (χ4v) is 2.89. The summed E-state index contributed by atoms with van der Waals surface area (Å²) >= 11 is 11.1. The molecule has 0 spiro atoms. The number of nitrogens with zero attached hydrogens (tertiary/aromatic N) is 2. The monoisotopic (exact) mass is 332 g/mol. The Bertz CT molecular complexity index is 532. The lowest BCUT2D eigenvalue weighted by Gasteiger charge is -2.00. The molecule has 90 valence electrons. The highest BCUT2D eigenvalue weighted by molar-refractivity contribution is 9.09. The Hall–Kier alpha value is -0.650. The Labute approximate surface area is 117 Å². The molecule has 2 aromatic rings. The molecule has 2 rings (SSSR count). The average molecular weight is 334 g/mol. The summed E-state index contributed by atoms with van der Waals surface area (Å²) in [6.07, 6.45) is 0.947. The molecule has 3 nitrogen and oxygen atoms in total. The van der Waals surface area contributed by atoms with Crippen molar-refractivity contribution in [2.75, 3.05) is 0 Å². The predicted molar refractivity (Wildman–Crippen MR) is 74.0 cm³/mol. The van der Waals surface area contributed by atoms with Gasteiger partial charge in [0.15, 0.2) is 0 Å². The van der Waals surface area contributed by atoms with Crippen LogP contribution in [0.5, 0.6) is 5.75 Å². The Morgan fingerprint density at radius 3 is 2.94 bits per heavy atom. The largest absolute Gasteiger partial charge is 0.508 e. The van der Waals surface area contributed by atoms with Gasteiger partial charge in [-0.2, -0.15) is 0 Å². The first-order valence-electron chi connectivity index (χ1n) is 5.08. The van der Waals surface area contributed by atoms with Crippen LogP contribution >= 0.6 is 38.9 Å². The minimum absolute atomic E-state index is 0.173. The van der Waals surface area contributed by atoms with Crippen LogP contribution in [0.25, 0.3) is 10.6 Å². The second-order valence-corrected chi connectivity index (χ2v) is 6.01. The van der Waals surface area contributed by atoms with E-state index >= 15 is 0 Å². The van der Waals surface area contributed by atoms with E-state index in [2.05, 4.69) is 33.1 Å². The number of hydrogen-bond donors (Lipinski definition) is 1. The second kappa shape index (κ2) is 5.33. The maximum Gasteiger partial charge on any atom is 0.149 e. The van der Waals surface area contributed by atoms with Gasteiger partial charge in [-0.05, 0) is 24.6 Å². The Balaban J connectivity index is 2.40. The Morgan fingerprint density at radius 2 is 2.24 bits per heavy atom. The molecule has 0 amide bonds. The smallest absolute Gasteiger partial charge is 0.149 e. The Morgan fingerprint density at radius 1 is 1.47 bits per heavy atom. The van der Waals surface area contributed by atoms with Gasteiger partial charge >= 0.3 is 0 Å². The number of aromatic hydroxyl groups is 1. The van der Waals surface area contributed by atoms with Crippen molar-refractivity contribution in [3.8, 4) is 16.3 Å². The summed E-state index contributed by atoms with van der Waals surface area (Å²) in [7, 11) is 0. The molecule has 0 radical (unpaired) electrons. The van der Waals surface area contributed by atoms with Crippen molar-refractivity contribution < 1.29 is 5.11 Å². The van der Waals surface area contributed by atoms with E-state index in [1.165, 1.54) is 11.3 Å². The van der Waals surface area contributed by atoms with Crippen LogP contribution in [0.3, 0.4) is 0 Å². The van der Waals surface area contributed by atoms with Crippen LogP contribution in [0.4, 0.5) is 0 Å². The second-order valence-electron chi connectivity index (χ2n) is 3.49. The van der Waals surface area contributed by atoms with Crippen molar-refractivity contribution in [2.45, 2.75) is 18.2 Å². The van der Waals surface area contributed by atoms with Crippen molar-refractivity contribution in [1.29, 1.82) is 0 Å². The van der Waals surface area contributed by atoms with E-state index in [0.717, 1.165) is 16.4 Å². The molecule has 0 saturated carbocycles. The zero-order valence-electron chi connectivity index (χ0n) is 9.02. The summed E-state index contributed by atoms with van der Waals surface area (Å²) < 4.78 is 0. The number of benzene rings is 1. The van der Waals surface area contributed by atoms with Crippen LogP contribution in [-0.2, 0) is 0 Å². The molecular formula is C11H10BrClN2OS. The summed E-state index contributed by atoms with van der Waals surface area (Å²) in [5.74, 6) is 0.173. The number of alkyl halides is 1. The van der Waals surface area contributed by atoms with E-state index in [1.807, 2.05) is 0 Å². The van der Waals surface area contributed by atoms with Gasteiger partial charge in [0.1, 0.15) is 15.8 Å². The summed E-state index contributed by atoms with van der Waals surface area (Å²) in [6.45, 7) is 2.07. The molecule has 0 aliphatic carbocycles. The van der Waals surface area contributed by atoms with Gasteiger partial charge in [0.05, 0.1) is 9.85 Å². The lowest BCUT2D eigenvalue weighted by molar-refractivity contribution is 0.475. The van der Waals surface area contributed by atoms with E-state index in [4.69, 9.17) is 11.6 Å². The predicted octanol–water partition coefficient (Wildman–Crippen LogP) is 4.41. The van der Waals surface area contributed by atoms with Gasteiger partial charge in [-0.3, -0.25) is 0 Å².